The molecule has 0 radical (unpaired) electrons. The molecule has 3 aromatic rings. The van der Waals surface area contributed by atoms with Crippen LogP contribution in [0.5, 0.6) is 0 Å². The first-order chi connectivity index (χ1) is 16.4. The number of rotatable bonds is 7. The third-order valence-electron chi connectivity index (χ3n) is 5.72. The molecular formula is C23H22ClF2N5O3. The van der Waals surface area contributed by atoms with E-state index in [1.165, 1.54) is 29.8 Å². The van der Waals surface area contributed by atoms with Crippen LogP contribution < -0.4 is 10.2 Å². The van der Waals surface area contributed by atoms with Gasteiger partial charge in [0.2, 0.25) is 17.7 Å². The van der Waals surface area contributed by atoms with Gasteiger partial charge in [0, 0.05) is 54.2 Å². The molecule has 1 aliphatic rings. The molecule has 1 aliphatic carbocycles. The number of carbonyl (C=O) groups is 2. The molecular weight excluding hydrogens is 468 g/mol. The Labute approximate surface area is 199 Å². The molecule has 2 aromatic heterocycles. The number of aromatic nitrogens is 3. The van der Waals surface area contributed by atoms with Crippen LogP contribution >= 0.6 is 11.6 Å². The normalized spacial score (nSPS) is 16.6. The van der Waals surface area contributed by atoms with Crippen molar-refractivity contribution >= 4 is 29.1 Å². The van der Waals surface area contributed by atoms with Crippen molar-refractivity contribution in [3.05, 3.63) is 60.8 Å². The van der Waals surface area contributed by atoms with Gasteiger partial charge < -0.3 is 9.84 Å². The van der Waals surface area contributed by atoms with E-state index in [4.69, 9.17) is 16.1 Å². The zero-order chi connectivity index (χ0) is 24.1. The van der Waals surface area contributed by atoms with E-state index in [-0.39, 0.29) is 31.6 Å². The fraction of sp³-hybridized carbons (Fsp3) is 0.348. The van der Waals surface area contributed by atoms with Gasteiger partial charge in [0.25, 0.3) is 0 Å². The summed E-state index contributed by atoms with van der Waals surface area (Å²) in [5.41, 5.74) is 1.50. The fourth-order valence-electron chi connectivity index (χ4n) is 3.99. The Morgan fingerprint density at radius 1 is 1.15 bits per heavy atom. The van der Waals surface area contributed by atoms with Crippen LogP contribution in [-0.2, 0) is 9.59 Å². The minimum Gasteiger partial charge on any atom is -0.356 e. The molecule has 1 saturated carbocycles. The number of nitrogens with zero attached hydrogens (tertiary/aromatic N) is 4. The summed E-state index contributed by atoms with van der Waals surface area (Å²) >= 11 is 5.91. The number of halogens is 3. The van der Waals surface area contributed by atoms with Crippen LogP contribution in [-0.4, -0.2) is 44.8 Å². The van der Waals surface area contributed by atoms with E-state index in [2.05, 4.69) is 20.4 Å². The number of carbonyl (C=O) groups excluding carboxylic acids is 2. The molecule has 1 atom stereocenters. The smallest absolute Gasteiger partial charge is 0.248 e. The molecule has 11 heteroatoms. The van der Waals surface area contributed by atoms with E-state index >= 15 is 0 Å². The number of anilines is 1. The van der Waals surface area contributed by atoms with Gasteiger partial charge in [0.15, 0.2) is 5.76 Å². The largest absolute Gasteiger partial charge is 0.356 e. The molecule has 1 unspecified atom stereocenters. The van der Waals surface area contributed by atoms with Crippen molar-refractivity contribution in [3.63, 3.8) is 0 Å². The first-order valence-electron chi connectivity index (χ1n) is 10.7. The van der Waals surface area contributed by atoms with E-state index in [0.29, 0.717) is 17.0 Å². The van der Waals surface area contributed by atoms with Crippen molar-refractivity contribution in [2.24, 2.45) is 0 Å². The van der Waals surface area contributed by atoms with Crippen molar-refractivity contribution in [2.45, 2.75) is 43.7 Å². The molecule has 1 fully saturated rings. The molecule has 34 heavy (non-hydrogen) atoms. The summed E-state index contributed by atoms with van der Waals surface area (Å²) < 4.78 is 32.3. The monoisotopic (exact) mass is 489 g/mol. The summed E-state index contributed by atoms with van der Waals surface area (Å²) in [5, 5.41) is 6.51. The minimum atomic E-state index is -2.72. The predicted octanol–water partition coefficient (Wildman–Crippen LogP) is 4.14. The van der Waals surface area contributed by atoms with E-state index in [1.807, 2.05) is 0 Å². The van der Waals surface area contributed by atoms with Gasteiger partial charge in [-0.15, -0.1) is 11.6 Å². The first kappa shape index (κ1) is 23.7. The molecule has 2 amide bonds. The molecule has 1 aromatic carbocycles. The maximum absolute atomic E-state index is 13.6. The molecule has 0 bridgehead atoms. The highest BCUT2D eigenvalue weighted by Crippen LogP contribution is 2.34. The van der Waals surface area contributed by atoms with Crippen LogP contribution in [0.2, 0.25) is 0 Å². The summed E-state index contributed by atoms with van der Waals surface area (Å²) in [5.74, 6) is -3.60. The van der Waals surface area contributed by atoms with Gasteiger partial charge in [-0.2, -0.15) is 0 Å². The van der Waals surface area contributed by atoms with Gasteiger partial charge in [-0.1, -0.05) is 5.16 Å². The quantitative estimate of drug-likeness (QED) is 0.500. The lowest BCUT2D eigenvalue weighted by Gasteiger charge is -2.34. The Bertz CT molecular complexity index is 1100. The van der Waals surface area contributed by atoms with E-state index in [9.17, 15) is 18.4 Å². The molecule has 0 aliphatic heterocycles. The Morgan fingerprint density at radius 3 is 2.41 bits per heavy atom. The van der Waals surface area contributed by atoms with Crippen molar-refractivity contribution in [3.8, 4) is 11.3 Å². The highest BCUT2D eigenvalue weighted by Gasteiger charge is 2.38. The lowest BCUT2D eigenvalue weighted by molar-refractivity contribution is -0.127. The highest BCUT2D eigenvalue weighted by atomic mass is 35.5. The number of alkyl halides is 3. The number of amides is 2. The number of nitrogens with one attached hydrogen (secondary N) is 1. The molecule has 0 spiro atoms. The van der Waals surface area contributed by atoms with Gasteiger partial charge in [-0.05, 0) is 37.1 Å². The molecule has 178 valence electrons. The van der Waals surface area contributed by atoms with Gasteiger partial charge in [-0.3, -0.25) is 14.5 Å². The predicted molar refractivity (Wildman–Crippen MR) is 120 cm³/mol. The third-order valence-corrected chi connectivity index (χ3v) is 5.95. The van der Waals surface area contributed by atoms with Gasteiger partial charge in [0.1, 0.15) is 18.2 Å². The molecule has 8 nitrogen and oxygen atoms in total. The molecule has 4 rings (SSSR count). The average molecular weight is 490 g/mol. The SMILES string of the molecule is O=C(NC1CCC(F)(F)CC1)C(c1cncnc1)N(C(=O)CCl)c1ccc(-c2ccno2)cc1. The molecule has 0 saturated heterocycles. The summed E-state index contributed by atoms with van der Waals surface area (Å²) in [7, 11) is 0. The second kappa shape index (κ2) is 10.3. The highest BCUT2D eigenvalue weighted by molar-refractivity contribution is 6.29. The summed E-state index contributed by atoms with van der Waals surface area (Å²) in [6.07, 6.45) is 5.38. The van der Waals surface area contributed by atoms with Crippen LogP contribution in [0.3, 0.4) is 0 Å². The maximum atomic E-state index is 13.6. The van der Waals surface area contributed by atoms with Gasteiger partial charge in [-0.25, -0.2) is 18.7 Å². The lowest BCUT2D eigenvalue weighted by atomic mass is 9.92. The standard InChI is InChI=1S/C23H22ClF2N5O3/c24-11-20(32)31(18-3-1-15(2-4-18)19-7-10-29-34-19)21(16-12-27-14-28-13-16)22(33)30-17-5-8-23(25,26)9-6-17/h1-4,7,10,12-14,17,21H,5-6,8-9,11H2,(H,30,33). The Kier molecular flexibility index (Phi) is 7.16. The van der Waals surface area contributed by atoms with Crippen LogP contribution in [0.1, 0.15) is 37.3 Å². The molecule has 2 heterocycles. The molecule has 1 N–H and O–H groups in total. The van der Waals surface area contributed by atoms with E-state index < -0.39 is 29.8 Å². The van der Waals surface area contributed by atoms with Crippen LogP contribution in [0.15, 0.2) is 59.8 Å². The second-order valence-corrected chi connectivity index (χ2v) is 8.30. The zero-order valence-corrected chi connectivity index (χ0v) is 18.8. The van der Waals surface area contributed by atoms with Crippen molar-refractivity contribution in [1.29, 1.82) is 0 Å². The van der Waals surface area contributed by atoms with Gasteiger partial charge >= 0.3 is 0 Å². The maximum Gasteiger partial charge on any atom is 0.248 e. The van der Waals surface area contributed by atoms with E-state index in [1.54, 1.807) is 30.3 Å². The van der Waals surface area contributed by atoms with Crippen LogP contribution in [0.25, 0.3) is 11.3 Å². The third kappa shape index (κ3) is 5.39. The summed E-state index contributed by atoms with van der Waals surface area (Å²) in [6, 6.07) is 6.89. The zero-order valence-electron chi connectivity index (χ0n) is 18.0. The van der Waals surface area contributed by atoms with Crippen LogP contribution in [0, 0.1) is 0 Å². The Hall–Kier alpha value is -3.40. The van der Waals surface area contributed by atoms with Crippen molar-refractivity contribution in [2.75, 3.05) is 10.8 Å². The number of hydrogen-bond donors (Lipinski definition) is 1. The number of hydrogen-bond acceptors (Lipinski definition) is 6. The van der Waals surface area contributed by atoms with Crippen molar-refractivity contribution < 1.29 is 22.9 Å². The minimum absolute atomic E-state index is 0.145. The summed E-state index contributed by atoms with van der Waals surface area (Å²) in [4.78, 5) is 35.6. The first-order valence-corrected chi connectivity index (χ1v) is 11.2. The lowest BCUT2D eigenvalue weighted by Crippen LogP contribution is -2.48. The number of benzene rings is 1. The Morgan fingerprint density at radius 2 is 1.82 bits per heavy atom. The topological polar surface area (TPSA) is 101 Å². The van der Waals surface area contributed by atoms with E-state index in [0.717, 1.165) is 5.56 Å². The average Bonchev–Trinajstić information content (AvgIpc) is 3.39. The Balaban J connectivity index is 1.65. The van der Waals surface area contributed by atoms with Gasteiger partial charge in [0.05, 0.1) is 6.20 Å². The second-order valence-electron chi connectivity index (χ2n) is 8.03. The van der Waals surface area contributed by atoms with Crippen molar-refractivity contribution in [1.82, 2.24) is 20.4 Å². The summed E-state index contributed by atoms with van der Waals surface area (Å²) in [6.45, 7) is 0. The fourth-order valence-corrected chi connectivity index (χ4v) is 4.12. The van der Waals surface area contributed by atoms with Crippen LogP contribution in [0.4, 0.5) is 14.5 Å².